The van der Waals surface area contributed by atoms with Gasteiger partial charge in [-0.05, 0) is 74.7 Å². The van der Waals surface area contributed by atoms with Gasteiger partial charge in [0.1, 0.15) is 30.5 Å². The minimum absolute atomic E-state index is 0.0579. The molecule has 0 amide bonds. The maximum absolute atomic E-state index is 13.4. The Balaban J connectivity index is 1.12. The number of nitriles is 1. The van der Waals surface area contributed by atoms with Crippen molar-refractivity contribution in [2.24, 2.45) is 0 Å². The Morgan fingerprint density at radius 2 is 1.80 bits per heavy atom. The topological polar surface area (TPSA) is 214 Å². The fourth-order valence-corrected chi connectivity index (χ4v) is 7.81. The molecular formula is C37H53N7O9S. The van der Waals surface area contributed by atoms with E-state index < -0.39 is 56.8 Å². The van der Waals surface area contributed by atoms with Crippen LogP contribution in [0.3, 0.4) is 0 Å². The van der Waals surface area contributed by atoms with Crippen molar-refractivity contribution < 1.29 is 42.7 Å². The number of methoxy groups -OCH3 is 1. The van der Waals surface area contributed by atoms with E-state index in [2.05, 4.69) is 31.3 Å². The number of aromatic nitrogens is 3. The van der Waals surface area contributed by atoms with Crippen LogP contribution in [0.4, 0.5) is 5.69 Å². The quantitative estimate of drug-likeness (QED) is 0.124. The van der Waals surface area contributed by atoms with Crippen LogP contribution >= 0.6 is 0 Å². The Bertz CT molecular complexity index is 1890. The highest BCUT2D eigenvalue weighted by molar-refractivity contribution is 7.93. The zero-order valence-corrected chi connectivity index (χ0v) is 32.3. The largest absolute Gasteiger partial charge is 0.388 e. The van der Waals surface area contributed by atoms with Crippen molar-refractivity contribution >= 4 is 32.6 Å². The van der Waals surface area contributed by atoms with Crippen molar-refractivity contribution in [3.05, 3.63) is 58.8 Å². The van der Waals surface area contributed by atoms with Crippen LogP contribution in [-0.4, -0.2) is 139 Å². The third kappa shape index (κ3) is 11.3. The zero-order valence-electron chi connectivity index (χ0n) is 31.5. The first-order valence-corrected chi connectivity index (χ1v) is 19.6. The lowest BCUT2D eigenvalue weighted by molar-refractivity contribution is -0.292. The molecule has 5 rings (SSSR count). The lowest BCUT2D eigenvalue weighted by atomic mass is 9.99. The first-order chi connectivity index (χ1) is 25.6. The third-order valence-corrected chi connectivity index (χ3v) is 11.1. The summed E-state index contributed by atoms with van der Waals surface area (Å²) in [7, 11) is -2.83. The molecule has 0 unspecified atom stereocenters. The molecule has 0 saturated carbocycles. The summed E-state index contributed by atoms with van der Waals surface area (Å²) in [5.41, 5.74) is 0.547. The van der Waals surface area contributed by atoms with Gasteiger partial charge in [-0.2, -0.15) is 5.26 Å². The monoisotopic (exact) mass is 771 g/mol. The van der Waals surface area contributed by atoms with E-state index in [0.29, 0.717) is 24.1 Å². The Hall–Kier alpha value is -3.54. The van der Waals surface area contributed by atoms with E-state index in [1.165, 1.54) is 17.9 Å². The standard InChI is InChI=1S/C37H53N7O9S/c1-36(2,10-15-52-37(3,4)21-29-23-44(42-40-29)24-31-32(45)33(46)34(47)35(50-5)53-31)41-54(48,49)30(22-38)19-25-6-7-27-20-28(9-8-26(27)18-25)39-11-12-43-13-16-51-17-14-43/h6-9,18-20,23,31-35,39,41,45-47H,10-17,21,24H2,1-5H3/b30-19+/t31-,32-,33+,34-,35+/m1/s1. The number of fused-ring (bicyclic) bond motifs is 1. The second kappa shape index (κ2) is 17.9. The predicted molar refractivity (Wildman–Crippen MR) is 201 cm³/mol. The number of sulfonamides is 1. The molecule has 2 aliphatic heterocycles. The SMILES string of the molecule is CO[C@H]1O[C@H](Cn2cc(CC(C)(C)OCCC(C)(C)NS(=O)(=O)/C(C#N)=C/c3ccc4cc(NCCN5CCOCC5)ccc4c3)nn2)[C@@H](O)[C@H](O)[C@H]1O. The summed E-state index contributed by atoms with van der Waals surface area (Å²) >= 11 is 0. The summed E-state index contributed by atoms with van der Waals surface area (Å²) in [4.78, 5) is 1.97. The van der Waals surface area contributed by atoms with Gasteiger partial charge in [0.25, 0.3) is 10.0 Å². The van der Waals surface area contributed by atoms with Crippen molar-refractivity contribution in [1.29, 1.82) is 5.26 Å². The van der Waals surface area contributed by atoms with Gasteiger partial charge in [-0.3, -0.25) is 4.90 Å². The van der Waals surface area contributed by atoms with Gasteiger partial charge in [0, 0.05) is 63.7 Å². The highest BCUT2D eigenvalue weighted by Crippen LogP contribution is 2.25. The molecule has 54 heavy (non-hydrogen) atoms. The summed E-state index contributed by atoms with van der Waals surface area (Å²) in [6, 6.07) is 13.5. The van der Waals surface area contributed by atoms with Gasteiger partial charge < -0.3 is 39.6 Å². The third-order valence-electron chi connectivity index (χ3n) is 9.51. The predicted octanol–water partition coefficient (Wildman–Crippen LogP) is 1.62. The number of aliphatic hydroxyl groups excluding tert-OH is 3. The van der Waals surface area contributed by atoms with Crippen molar-refractivity contribution in [1.82, 2.24) is 24.6 Å². The Morgan fingerprint density at radius 3 is 2.52 bits per heavy atom. The van der Waals surface area contributed by atoms with Gasteiger partial charge >= 0.3 is 0 Å². The number of anilines is 1. The average molecular weight is 772 g/mol. The van der Waals surface area contributed by atoms with Gasteiger partial charge in [0.2, 0.25) is 0 Å². The summed E-state index contributed by atoms with van der Waals surface area (Å²) < 4.78 is 53.2. The van der Waals surface area contributed by atoms with E-state index in [-0.39, 0.29) is 13.2 Å². The summed E-state index contributed by atoms with van der Waals surface area (Å²) in [5, 5.41) is 54.1. The summed E-state index contributed by atoms with van der Waals surface area (Å²) in [5.74, 6) is 0. The molecule has 3 aromatic rings. The van der Waals surface area contributed by atoms with Crippen molar-refractivity contribution in [2.45, 2.75) is 88.9 Å². The minimum atomic E-state index is -4.16. The molecule has 16 nitrogen and oxygen atoms in total. The fourth-order valence-electron chi connectivity index (χ4n) is 6.46. The van der Waals surface area contributed by atoms with Crippen molar-refractivity contribution in [3.8, 4) is 6.07 Å². The van der Waals surface area contributed by atoms with E-state index in [1.54, 1.807) is 26.1 Å². The molecule has 0 aliphatic carbocycles. The van der Waals surface area contributed by atoms with E-state index in [1.807, 2.05) is 44.2 Å². The second-order valence-electron chi connectivity index (χ2n) is 15.0. The van der Waals surface area contributed by atoms with Crippen LogP contribution < -0.4 is 10.0 Å². The number of hydrogen-bond donors (Lipinski definition) is 5. The number of morpholine rings is 1. The molecule has 2 aliphatic rings. The molecule has 2 aromatic carbocycles. The first-order valence-electron chi connectivity index (χ1n) is 18.1. The number of nitrogens with zero attached hydrogens (tertiary/aromatic N) is 5. The van der Waals surface area contributed by atoms with E-state index in [9.17, 15) is 29.0 Å². The Kier molecular flexibility index (Phi) is 13.8. The molecule has 5 N–H and O–H groups in total. The molecule has 1 aromatic heterocycles. The maximum atomic E-state index is 13.4. The van der Waals surface area contributed by atoms with Crippen LogP contribution in [0.15, 0.2) is 47.5 Å². The molecule has 17 heteroatoms. The number of hydrogen-bond acceptors (Lipinski definition) is 14. The molecule has 5 atom stereocenters. The first kappa shape index (κ1) is 41.6. The average Bonchev–Trinajstić information content (AvgIpc) is 3.56. The highest BCUT2D eigenvalue weighted by Gasteiger charge is 2.44. The van der Waals surface area contributed by atoms with Crippen molar-refractivity contribution in [3.63, 3.8) is 0 Å². The molecule has 0 bridgehead atoms. The molecule has 2 saturated heterocycles. The van der Waals surface area contributed by atoms with Crippen LogP contribution in [0.5, 0.6) is 0 Å². The van der Waals surface area contributed by atoms with Crippen LogP contribution in [0.25, 0.3) is 16.8 Å². The van der Waals surface area contributed by atoms with Gasteiger partial charge in [0.15, 0.2) is 11.2 Å². The fraction of sp³-hybridized carbons (Fsp3) is 0.595. The lowest BCUT2D eigenvalue weighted by Gasteiger charge is -2.39. The second-order valence-corrected chi connectivity index (χ2v) is 16.7. The molecule has 0 radical (unpaired) electrons. The molecule has 296 valence electrons. The van der Waals surface area contributed by atoms with Crippen LogP contribution in [0.2, 0.25) is 0 Å². The van der Waals surface area contributed by atoms with E-state index in [0.717, 1.165) is 55.9 Å². The minimum Gasteiger partial charge on any atom is -0.388 e. The van der Waals surface area contributed by atoms with E-state index >= 15 is 0 Å². The number of ether oxygens (including phenoxy) is 4. The van der Waals surface area contributed by atoms with Gasteiger partial charge in [-0.1, -0.05) is 23.4 Å². The van der Waals surface area contributed by atoms with E-state index in [4.69, 9.17) is 18.9 Å². The number of nitrogens with one attached hydrogen (secondary N) is 2. The van der Waals surface area contributed by atoms with Crippen LogP contribution in [0.1, 0.15) is 45.4 Å². The van der Waals surface area contributed by atoms with Crippen LogP contribution in [0, 0.1) is 11.3 Å². The normalized spacial score (nSPS) is 23.4. The number of aliphatic hydroxyl groups is 3. The molecular weight excluding hydrogens is 719 g/mol. The summed E-state index contributed by atoms with van der Waals surface area (Å²) in [6.45, 7) is 12.6. The van der Waals surface area contributed by atoms with Gasteiger partial charge in [-0.25, -0.2) is 17.8 Å². The smallest absolute Gasteiger partial charge is 0.251 e. The number of allylic oxidation sites excluding steroid dienone is 1. The van der Waals surface area contributed by atoms with Gasteiger partial charge in [0.05, 0.1) is 31.1 Å². The Morgan fingerprint density at radius 1 is 1.07 bits per heavy atom. The van der Waals surface area contributed by atoms with Crippen LogP contribution in [-0.2, 0) is 41.9 Å². The molecule has 3 heterocycles. The maximum Gasteiger partial charge on any atom is 0.251 e. The Labute approximate surface area is 316 Å². The lowest BCUT2D eigenvalue weighted by Crippen LogP contribution is -2.58. The molecule has 2 fully saturated rings. The number of rotatable bonds is 17. The number of benzene rings is 2. The highest BCUT2D eigenvalue weighted by atomic mass is 32.2. The zero-order chi connectivity index (χ0) is 39.1. The van der Waals surface area contributed by atoms with Crippen molar-refractivity contribution in [2.75, 3.05) is 58.4 Å². The van der Waals surface area contributed by atoms with Gasteiger partial charge in [-0.15, -0.1) is 5.10 Å². The molecule has 0 spiro atoms. The summed E-state index contributed by atoms with van der Waals surface area (Å²) in [6.07, 6.45) is -2.45.